The van der Waals surface area contributed by atoms with Crippen molar-refractivity contribution in [3.63, 3.8) is 0 Å². The summed E-state index contributed by atoms with van der Waals surface area (Å²) in [4.78, 5) is 14.7. The van der Waals surface area contributed by atoms with Gasteiger partial charge in [-0.3, -0.25) is 4.79 Å². The lowest BCUT2D eigenvalue weighted by Crippen LogP contribution is -2.33. The molecule has 3 rings (SSSR count). The molecule has 0 aromatic heterocycles. The molecule has 1 aromatic carbocycles. The summed E-state index contributed by atoms with van der Waals surface area (Å²) < 4.78 is 0. The molecule has 1 heterocycles. The first kappa shape index (κ1) is 15.2. The van der Waals surface area contributed by atoms with Crippen LogP contribution in [0.4, 0.5) is 0 Å². The Morgan fingerprint density at radius 1 is 1.24 bits per heavy atom. The van der Waals surface area contributed by atoms with Crippen LogP contribution in [0.25, 0.3) is 0 Å². The van der Waals surface area contributed by atoms with Gasteiger partial charge >= 0.3 is 0 Å². The quantitative estimate of drug-likeness (QED) is 0.768. The van der Waals surface area contributed by atoms with Gasteiger partial charge in [-0.25, -0.2) is 0 Å². The van der Waals surface area contributed by atoms with E-state index in [0.29, 0.717) is 16.0 Å². The number of hydrogen-bond donors (Lipinski definition) is 0. The average Bonchev–Trinajstić information content (AvgIpc) is 3.26. The fourth-order valence-electron chi connectivity index (χ4n) is 3.34. The number of hydrogen-bond acceptors (Lipinski definition) is 1. The van der Waals surface area contributed by atoms with Gasteiger partial charge in [-0.2, -0.15) is 0 Å². The molecule has 1 saturated heterocycles. The molecular formula is C17H21Cl2NO. The van der Waals surface area contributed by atoms with Crippen LogP contribution < -0.4 is 0 Å². The van der Waals surface area contributed by atoms with Crippen molar-refractivity contribution in [3.8, 4) is 0 Å². The van der Waals surface area contributed by atoms with Gasteiger partial charge in [-0.15, -0.1) is 0 Å². The summed E-state index contributed by atoms with van der Waals surface area (Å²) in [5, 5.41) is 1.19. The van der Waals surface area contributed by atoms with Crippen LogP contribution in [0.5, 0.6) is 0 Å². The Morgan fingerprint density at radius 2 is 2.05 bits per heavy atom. The van der Waals surface area contributed by atoms with Crippen molar-refractivity contribution in [1.29, 1.82) is 0 Å². The Morgan fingerprint density at radius 3 is 2.86 bits per heavy atom. The third-order valence-electron chi connectivity index (χ3n) is 4.82. The second kappa shape index (κ2) is 6.18. The van der Waals surface area contributed by atoms with Crippen LogP contribution in [-0.2, 0) is 4.79 Å². The summed E-state index contributed by atoms with van der Waals surface area (Å²) in [5.41, 5.74) is 1.03. The highest BCUT2D eigenvalue weighted by Gasteiger charge is 2.46. The smallest absolute Gasteiger partial charge is 0.226 e. The van der Waals surface area contributed by atoms with Crippen LogP contribution in [0.1, 0.15) is 44.1 Å². The van der Waals surface area contributed by atoms with Gasteiger partial charge in [-0.1, -0.05) is 42.3 Å². The number of rotatable bonds is 2. The van der Waals surface area contributed by atoms with E-state index in [9.17, 15) is 4.79 Å². The predicted octanol–water partition coefficient (Wildman–Crippen LogP) is 4.75. The molecule has 0 spiro atoms. The highest BCUT2D eigenvalue weighted by Crippen LogP contribution is 2.51. The molecule has 2 nitrogen and oxygen atoms in total. The van der Waals surface area contributed by atoms with E-state index in [0.717, 1.165) is 43.8 Å². The van der Waals surface area contributed by atoms with Gasteiger partial charge in [0.1, 0.15) is 0 Å². The Balaban J connectivity index is 1.67. The topological polar surface area (TPSA) is 20.3 Å². The SMILES string of the molecule is CC1CCCN(C(=O)C2CC2c2cccc(Cl)c2Cl)CC1. The number of carbonyl (C=O) groups is 1. The largest absolute Gasteiger partial charge is 0.342 e. The molecule has 1 aromatic rings. The molecule has 0 bridgehead atoms. The summed E-state index contributed by atoms with van der Waals surface area (Å²) in [6.07, 6.45) is 4.40. The molecule has 1 amide bonds. The van der Waals surface area contributed by atoms with Gasteiger partial charge in [-0.05, 0) is 49.1 Å². The molecule has 3 atom stereocenters. The third kappa shape index (κ3) is 3.22. The van der Waals surface area contributed by atoms with E-state index in [-0.39, 0.29) is 11.8 Å². The van der Waals surface area contributed by atoms with Gasteiger partial charge in [0.05, 0.1) is 10.0 Å². The third-order valence-corrected chi connectivity index (χ3v) is 5.65. The minimum Gasteiger partial charge on any atom is -0.342 e. The van der Waals surface area contributed by atoms with Crippen LogP contribution >= 0.6 is 23.2 Å². The first-order valence-electron chi connectivity index (χ1n) is 7.80. The van der Waals surface area contributed by atoms with Gasteiger partial charge in [0.15, 0.2) is 0 Å². The predicted molar refractivity (Wildman–Crippen MR) is 86.9 cm³/mol. The maximum Gasteiger partial charge on any atom is 0.226 e. The van der Waals surface area contributed by atoms with Crippen LogP contribution in [0.3, 0.4) is 0 Å². The molecule has 1 aliphatic heterocycles. The zero-order chi connectivity index (χ0) is 15.0. The highest BCUT2D eigenvalue weighted by molar-refractivity contribution is 6.42. The number of nitrogens with zero attached hydrogens (tertiary/aromatic N) is 1. The maximum absolute atomic E-state index is 12.6. The molecule has 114 valence electrons. The maximum atomic E-state index is 12.6. The second-order valence-corrected chi connectivity index (χ2v) is 7.24. The van der Waals surface area contributed by atoms with E-state index in [2.05, 4.69) is 11.8 Å². The zero-order valence-corrected chi connectivity index (χ0v) is 13.8. The highest BCUT2D eigenvalue weighted by atomic mass is 35.5. The monoisotopic (exact) mass is 325 g/mol. The fourth-order valence-corrected chi connectivity index (χ4v) is 3.78. The van der Waals surface area contributed by atoms with Gasteiger partial charge in [0.25, 0.3) is 0 Å². The lowest BCUT2D eigenvalue weighted by Gasteiger charge is -2.20. The zero-order valence-electron chi connectivity index (χ0n) is 12.3. The molecule has 0 N–H and O–H groups in total. The van der Waals surface area contributed by atoms with Crippen molar-refractivity contribution >= 4 is 29.1 Å². The first-order chi connectivity index (χ1) is 10.1. The van der Waals surface area contributed by atoms with Gasteiger partial charge in [0, 0.05) is 19.0 Å². The molecular weight excluding hydrogens is 305 g/mol. The Hall–Kier alpha value is -0.730. The lowest BCUT2D eigenvalue weighted by molar-refractivity contribution is -0.132. The van der Waals surface area contributed by atoms with Crippen LogP contribution in [-0.4, -0.2) is 23.9 Å². The van der Waals surface area contributed by atoms with Crippen molar-refractivity contribution < 1.29 is 4.79 Å². The second-order valence-electron chi connectivity index (χ2n) is 6.45. The summed E-state index contributed by atoms with van der Waals surface area (Å²) >= 11 is 12.3. The molecule has 21 heavy (non-hydrogen) atoms. The molecule has 3 unspecified atom stereocenters. The standard InChI is InChI=1S/C17H21Cl2NO/c1-11-4-3-8-20(9-7-11)17(21)14-10-13(14)12-5-2-6-15(18)16(12)19/h2,5-6,11,13-14H,3-4,7-10H2,1H3. The summed E-state index contributed by atoms with van der Waals surface area (Å²) in [6.45, 7) is 4.10. The van der Waals surface area contributed by atoms with E-state index >= 15 is 0 Å². The molecule has 2 aliphatic rings. The lowest BCUT2D eigenvalue weighted by atomic mass is 10.0. The van der Waals surface area contributed by atoms with Crippen molar-refractivity contribution in [2.45, 2.75) is 38.5 Å². The van der Waals surface area contributed by atoms with Gasteiger partial charge < -0.3 is 4.90 Å². The minimum absolute atomic E-state index is 0.106. The number of carbonyl (C=O) groups excluding carboxylic acids is 1. The van der Waals surface area contributed by atoms with E-state index in [1.807, 2.05) is 12.1 Å². The van der Waals surface area contributed by atoms with Crippen LogP contribution in [0, 0.1) is 11.8 Å². The molecule has 0 radical (unpaired) electrons. The first-order valence-corrected chi connectivity index (χ1v) is 8.56. The Labute approximate surface area is 136 Å². The molecule has 1 aliphatic carbocycles. The summed E-state index contributed by atoms with van der Waals surface area (Å²) in [5.74, 6) is 1.41. The minimum atomic E-state index is 0.106. The summed E-state index contributed by atoms with van der Waals surface area (Å²) in [6, 6.07) is 5.70. The average molecular weight is 326 g/mol. The van der Waals surface area contributed by atoms with Crippen molar-refractivity contribution in [2.75, 3.05) is 13.1 Å². The Kier molecular flexibility index (Phi) is 4.46. The Bertz CT molecular complexity index is 546. The fraction of sp³-hybridized carbons (Fsp3) is 0.588. The molecule has 1 saturated carbocycles. The van der Waals surface area contributed by atoms with Crippen LogP contribution in [0.2, 0.25) is 10.0 Å². The van der Waals surface area contributed by atoms with Gasteiger partial charge in [0.2, 0.25) is 5.91 Å². The van der Waals surface area contributed by atoms with E-state index in [1.165, 1.54) is 6.42 Å². The molecule has 2 fully saturated rings. The number of likely N-dealkylation sites (tertiary alicyclic amines) is 1. The van der Waals surface area contributed by atoms with Crippen LogP contribution in [0.15, 0.2) is 18.2 Å². The van der Waals surface area contributed by atoms with Crippen molar-refractivity contribution in [2.24, 2.45) is 11.8 Å². The number of amides is 1. The number of halogens is 2. The van der Waals surface area contributed by atoms with E-state index in [1.54, 1.807) is 6.07 Å². The van der Waals surface area contributed by atoms with E-state index < -0.39 is 0 Å². The number of benzene rings is 1. The summed E-state index contributed by atoms with van der Waals surface area (Å²) in [7, 11) is 0. The normalized spacial score (nSPS) is 29.1. The van der Waals surface area contributed by atoms with Crippen molar-refractivity contribution in [1.82, 2.24) is 4.90 Å². The van der Waals surface area contributed by atoms with Crippen molar-refractivity contribution in [3.05, 3.63) is 33.8 Å². The molecule has 4 heteroatoms. The van der Waals surface area contributed by atoms with E-state index in [4.69, 9.17) is 23.2 Å².